The molecule has 0 aromatic carbocycles. The first-order valence-corrected chi connectivity index (χ1v) is 8.41. The number of aryl methyl sites for hydroxylation is 3. The Bertz CT molecular complexity index is 559. The molecule has 0 saturated heterocycles. The summed E-state index contributed by atoms with van der Waals surface area (Å²) in [6.07, 6.45) is 1.99. The first-order valence-electron chi connectivity index (χ1n) is 7.21. The molecule has 2 rings (SSSR count). The lowest BCUT2D eigenvalue weighted by Crippen LogP contribution is -2.15. The average molecular weight is 312 g/mol. The molecule has 0 bridgehead atoms. The highest BCUT2D eigenvalue weighted by Crippen LogP contribution is 2.22. The van der Waals surface area contributed by atoms with E-state index in [4.69, 9.17) is 11.6 Å². The second-order valence-corrected chi connectivity index (χ2v) is 6.33. The molecule has 0 amide bonds. The van der Waals surface area contributed by atoms with Crippen LogP contribution in [0.15, 0.2) is 12.1 Å². The first kappa shape index (κ1) is 15.5. The predicted octanol–water partition coefficient (Wildman–Crippen LogP) is 4.03. The monoisotopic (exact) mass is 311 g/mol. The second kappa shape index (κ2) is 7.25. The Kier molecular flexibility index (Phi) is 5.64. The fraction of sp³-hybridized carbons (Fsp3) is 0.533. The highest BCUT2D eigenvalue weighted by Gasteiger charge is 2.13. The zero-order valence-electron chi connectivity index (χ0n) is 12.4. The lowest BCUT2D eigenvalue weighted by molar-refractivity contribution is 0.579. The van der Waals surface area contributed by atoms with Crippen LogP contribution in [-0.4, -0.2) is 9.78 Å². The molecule has 0 atom stereocenters. The third-order valence-corrected chi connectivity index (χ3v) is 5.02. The van der Waals surface area contributed by atoms with Gasteiger partial charge in [0.2, 0.25) is 0 Å². The molecule has 0 aliphatic heterocycles. The van der Waals surface area contributed by atoms with Gasteiger partial charge in [0.1, 0.15) is 0 Å². The van der Waals surface area contributed by atoms with E-state index in [1.165, 1.54) is 9.75 Å². The fourth-order valence-corrected chi connectivity index (χ4v) is 3.46. The summed E-state index contributed by atoms with van der Waals surface area (Å²) in [7, 11) is 0. The van der Waals surface area contributed by atoms with E-state index in [0.29, 0.717) is 0 Å². The van der Waals surface area contributed by atoms with E-state index in [0.717, 1.165) is 48.9 Å². The van der Waals surface area contributed by atoms with Gasteiger partial charge in [-0.3, -0.25) is 4.68 Å². The molecule has 0 unspecified atom stereocenters. The van der Waals surface area contributed by atoms with Crippen LogP contribution in [0.25, 0.3) is 0 Å². The summed E-state index contributed by atoms with van der Waals surface area (Å²) >= 11 is 8.27. The van der Waals surface area contributed by atoms with Gasteiger partial charge in [0, 0.05) is 29.4 Å². The van der Waals surface area contributed by atoms with Crippen molar-refractivity contribution in [1.29, 1.82) is 0 Å². The zero-order chi connectivity index (χ0) is 14.5. The van der Waals surface area contributed by atoms with Gasteiger partial charge in [0.25, 0.3) is 0 Å². The van der Waals surface area contributed by atoms with Crippen LogP contribution in [-0.2, 0) is 32.5 Å². The molecule has 0 aliphatic carbocycles. The molecular weight excluding hydrogens is 290 g/mol. The van der Waals surface area contributed by atoms with Crippen LogP contribution < -0.4 is 5.32 Å². The molecule has 3 nitrogen and oxygen atoms in total. The maximum Gasteiger partial charge on any atom is 0.0863 e. The molecule has 110 valence electrons. The first-order chi connectivity index (χ1) is 9.69. The lowest BCUT2D eigenvalue weighted by Gasteiger charge is -2.06. The molecule has 0 saturated carbocycles. The summed E-state index contributed by atoms with van der Waals surface area (Å²) in [5, 5.41) is 8.83. The van der Waals surface area contributed by atoms with Crippen LogP contribution in [0.1, 0.15) is 41.9 Å². The van der Waals surface area contributed by atoms with Gasteiger partial charge >= 0.3 is 0 Å². The van der Waals surface area contributed by atoms with E-state index < -0.39 is 0 Å². The molecule has 2 aromatic rings. The van der Waals surface area contributed by atoms with Crippen molar-refractivity contribution in [3.05, 3.63) is 38.3 Å². The summed E-state index contributed by atoms with van der Waals surface area (Å²) in [6.45, 7) is 8.88. The summed E-state index contributed by atoms with van der Waals surface area (Å²) in [4.78, 5) is 2.81. The molecule has 0 aliphatic rings. The standard InChI is InChI=1S/C15H22ClN3S/c1-4-11-7-8-12(20-11)9-17-10-14-15(16)13(5-2)18-19(14)6-3/h7-8,17H,4-6,9-10H2,1-3H3. The van der Waals surface area contributed by atoms with Gasteiger partial charge in [-0.25, -0.2) is 0 Å². The topological polar surface area (TPSA) is 29.9 Å². The van der Waals surface area contributed by atoms with Gasteiger partial charge in [-0.2, -0.15) is 5.10 Å². The Balaban J connectivity index is 1.98. The molecule has 1 N–H and O–H groups in total. The van der Waals surface area contributed by atoms with Crippen LogP contribution in [0, 0.1) is 0 Å². The number of hydrogen-bond acceptors (Lipinski definition) is 3. The van der Waals surface area contributed by atoms with Crippen molar-refractivity contribution in [2.75, 3.05) is 0 Å². The Hall–Kier alpha value is -0.840. The maximum absolute atomic E-state index is 6.40. The van der Waals surface area contributed by atoms with Crippen molar-refractivity contribution in [3.8, 4) is 0 Å². The van der Waals surface area contributed by atoms with Gasteiger partial charge in [-0.15, -0.1) is 11.3 Å². The van der Waals surface area contributed by atoms with Crippen molar-refractivity contribution in [2.24, 2.45) is 0 Å². The minimum atomic E-state index is 0.763. The van der Waals surface area contributed by atoms with E-state index in [1.807, 2.05) is 16.0 Å². The summed E-state index contributed by atoms with van der Waals surface area (Å²) < 4.78 is 2.00. The van der Waals surface area contributed by atoms with Crippen molar-refractivity contribution in [2.45, 2.75) is 53.2 Å². The summed E-state index contributed by atoms with van der Waals surface area (Å²) in [5.74, 6) is 0. The van der Waals surface area contributed by atoms with E-state index in [9.17, 15) is 0 Å². The fourth-order valence-electron chi connectivity index (χ4n) is 2.20. The predicted molar refractivity (Wildman–Crippen MR) is 86.5 cm³/mol. The third-order valence-electron chi connectivity index (χ3n) is 3.35. The van der Waals surface area contributed by atoms with Crippen LogP contribution in [0.5, 0.6) is 0 Å². The van der Waals surface area contributed by atoms with Gasteiger partial charge < -0.3 is 5.32 Å². The zero-order valence-corrected chi connectivity index (χ0v) is 13.9. The average Bonchev–Trinajstić information content (AvgIpc) is 3.04. The largest absolute Gasteiger partial charge is 0.306 e. The molecular formula is C15H22ClN3S. The van der Waals surface area contributed by atoms with Crippen LogP contribution in [0.2, 0.25) is 5.02 Å². The third kappa shape index (κ3) is 3.43. The molecule has 20 heavy (non-hydrogen) atoms. The van der Waals surface area contributed by atoms with Crippen molar-refractivity contribution in [1.82, 2.24) is 15.1 Å². The lowest BCUT2D eigenvalue weighted by atomic mass is 10.3. The Morgan fingerprint density at radius 3 is 2.50 bits per heavy atom. The SMILES string of the molecule is CCc1ccc(CNCc2c(Cl)c(CC)nn2CC)s1. The number of rotatable bonds is 7. The van der Waals surface area contributed by atoms with Crippen LogP contribution >= 0.6 is 22.9 Å². The smallest absolute Gasteiger partial charge is 0.0863 e. The molecule has 0 spiro atoms. The number of nitrogens with zero attached hydrogens (tertiary/aromatic N) is 2. The minimum absolute atomic E-state index is 0.763. The van der Waals surface area contributed by atoms with Crippen molar-refractivity contribution in [3.63, 3.8) is 0 Å². The molecule has 0 fully saturated rings. The maximum atomic E-state index is 6.40. The highest BCUT2D eigenvalue weighted by molar-refractivity contribution is 7.11. The Morgan fingerprint density at radius 2 is 1.90 bits per heavy atom. The Morgan fingerprint density at radius 1 is 1.15 bits per heavy atom. The van der Waals surface area contributed by atoms with Crippen LogP contribution in [0.3, 0.4) is 0 Å². The molecule has 0 radical (unpaired) electrons. The van der Waals surface area contributed by atoms with Gasteiger partial charge in [0.05, 0.1) is 16.4 Å². The van der Waals surface area contributed by atoms with Gasteiger partial charge in [-0.1, -0.05) is 25.4 Å². The van der Waals surface area contributed by atoms with E-state index in [-0.39, 0.29) is 0 Å². The normalized spacial score (nSPS) is 11.2. The van der Waals surface area contributed by atoms with Crippen LogP contribution in [0.4, 0.5) is 0 Å². The summed E-state index contributed by atoms with van der Waals surface area (Å²) in [6, 6.07) is 4.41. The number of hydrogen-bond donors (Lipinski definition) is 1. The van der Waals surface area contributed by atoms with E-state index in [2.05, 4.69) is 43.3 Å². The van der Waals surface area contributed by atoms with Gasteiger partial charge in [-0.05, 0) is 31.9 Å². The number of halogens is 1. The number of aromatic nitrogens is 2. The quantitative estimate of drug-likeness (QED) is 0.836. The number of thiophene rings is 1. The second-order valence-electron chi connectivity index (χ2n) is 4.70. The minimum Gasteiger partial charge on any atom is -0.306 e. The van der Waals surface area contributed by atoms with Gasteiger partial charge in [0.15, 0.2) is 0 Å². The van der Waals surface area contributed by atoms with Crippen molar-refractivity contribution >= 4 is 22.9 Å². The molecule has 2 aromatic heterocycles. The van der Waals surface area contributed by atoms with E-state index >= 15 is 0 Å². The summed E-state index contributed by atoms with van der Waals surface area (Å²) in [5.41, 5.74) is 2.09. The Labute approximate surface area is 130 Å². The van der Waals surface area contributed by atoms with Crippen molar-refractivity contribution < 1.29 is 0 Å². The molecule has 5 heteroatoms. The van der Waals surface area contributed by atoms with E-state index in [1.54, 1.807) is 0 Å². The molecule has 2 heterocycles. The number of nitrogens with one attached hydrogen (secondary N) is 1. The highest BCUT2D eigenvalue weighted by atomic mass is 35.5.